The van der Waals surface area contributed by atoms with Crippen LogP contribution in [0.15, 0.2) is 48.5 Å². The van der Waals surface area contributed by atoms with Crippen molar-refractivity contribution >= 4 is 24.2 Å². The molecule has 0 unspecified atom stereocenters. The Morgan fingerprint density at radius 3 is 2.05 bits per heavy atom. The molecule has 0 spiro atoms. The summed E-state index contributed by atoms with van der Waals surface area (Å²) in [6.45, 7) is 2.20. The summed E-state index contributed by atoms with van der Waals surface area (Å²) in [5.74, 6) is -0.272. The Morgan fingerprint density at radius 1 is 0.789 bits per heavy atom. The molecular formula is C28H39N5O5. The summed E-state index contributed by atoms with van der Waals surface area (Å²) >= 11 is 0. The van der Waals surface area contributed by atoms with Crippen molar-refractivity contribution in [3.05, 3.63) is 70.8 Å². The van der Waals surface area contributed by atoms with Gasteiger partial charge in [-0.25, -0.2) is 4.79 Å². The van der Waals surface area contributed by atoms with E-state index in [4.69, 9.17) is 31.4 Å². The van der Waals surface area contributed by atoms with Crippen LogP contribution in [0.1, 0.15) is 28.4 Å². The van der Waals surface area contributed by atoms with Crippen LogP contribution in [0, 0.1) is 5.41 Å². The monoisotopic (exact) mass is 525 g/mol. The van der Waals surface area contributed by atoms with Crippen LogP contribution in [0.25, 0.3) is 12.2 Å². The van der Waals surface area contributed by atoms with Gasteiger partial charge in [0.15, 0.2) is 0 Å². The van der Waals surface area contributed by atoms with E-state index in [1.54, 1.807) is 0 Å². The Hall–Kier alpha value is -3.28. The number of amides is 2. The van der Waals surface area contributed by atoms with E-state index >= 15 is 0 Å². The number of carbonyl (C=O) groups excluding carboxylic acids is 2. The second-order valence-electron chi connectivity index (χ2n) is 9.06. The number of carbonyl (C=O) groups is 2. The highest BCUT2D eigenvalue weighted by Gasteiger charge is 2.34. The van der Waals surface area contributed by atoms with Crippen LogP contribution in [-0.4, -0.2) is 71.2 Å². The summed E-state index contributed by atoms with van der Waals surface area (Å²) in [4.78, 5) is 24.8. The van der Waals surface area contributed by atoms with Crippen LogP contribution in [0.2, 0.25) is 0 Å². The lowest BCUT2D eigenvalue weighted by molar-refractivity contribution is -0.129. The molecule has 1 aliphatic rings. The Kier molecular flexibility index (Phi) is 11.7. The first-order chi connectivity index (χ1) is 18.5. The van der Waals surface area contributed by atoms with Crippen molar-refractivity contribution in [2.75, 3.05) is 59.2 Å². The third-order valence-electron chi connectivity index (χ3n) is 6.57. The van der Waals surface area contributed by atoms with E-state index < -0.39 is 17.6 Å². The SMILES string of the molecule is NCC(CN)(CN)C(=O)NCCOCCOCCNC(=O)O[C@@H]1Cc2ccccc2/C=C\c2ccccc21. The maximum Gasteiger partial charge on any atom is 0.407 e. The van der Waals surface area contributed by atoms with Crippen molar-refractivity contribution in [2.45, 2.75) is 12.5 Å². The number of hydrogen-bond acceptors (Lipinski definition) is 8. The summed E-state index contributed by atoms with van der Waals surface area (Å²) in [6, 6.07) is 16.0. The van der Waals surface area contributed by atoms with E-state index in [1.165, 1.54) is 0 Å². The van der Waals surface area contributed by atoms with Gasteiger partial charge in [0.25, 0.3) is 0 Å². The lowest BCUT2D eigenvalue weighted by atomic mass is 9.87. The van der Waals surface area contributed by atoms with E-state index in [0.29, 0.717) is 45.9 Å². The summed E-state index contributed by atoms with van der Waals surface area (Å²) in [7, 11) is 0. The van der Waals surface area contributed by atoms with Gasteiger partial charge in [-0.1, -0.05) is 60.7 Å². The number of nitrogens with two attached hydrogens (primary N) is 3. The number of ether oxygens (including phenoxy) is 3. The molecule has 2 aromatic carbocycles. The maximum absolute atomic E-state index is 12.5. The molecule has 2 amide bonds. The molecule has 10 nitrogen and oxygen atoms in total. The van der Waals surface area contributed by atoms with Gasteiger partial charge in [-0.15, -0.1) is 0 Å². The van der Waals surface area contributed by atoms with Gasteiger partial charge in [-0.2, -0.15) is 0 Å². The van der Waals surface area contributed by atoms with Crippen LogP contribution in [0.5, 0.6) is 0 Å². The van der Waals surface area contributed by atoms with E-state index in [2.05, 4.69) is 34.9 Å². The number of benzene rings is 2. The Morgan fingerprint density at radius 2 is 1.37 bits per heavy atom. The van der Waals surface area contributed by atoms with Crippen LogP contribution >= 0.6 is 0 Å². The van der Waals surface area contributed by atoms with Crippen molar-refractivity contribution in [1.82, 2.24) is 10.6 Å². The topological polar surface area (TPSA) is 164 Å². The van der Waals surface area contributed by atoms with Crippen LogP contribution in [0.3, 0.4) is 0 Å². The number of fused-ring (bicyclic) bond motifs is 2. The van der Waals surface area contributed by atoms with E-state index in [1.807, 2.05) is 36.4 Å². The molecule has 38 heavy (non-hydrogen) atoms. The van der Waals surface area contributed by atoms with Crippen molar-refractivity contribution < 1.29 is 23.8 Å². The van der Waals surface area contributed by atoms with Crippen LogP contribution in [0.4, 0.5) is 4.79 Å². The molecule has 0 fully saturated rings. The fourth-order valence-corrected chi connectivity index (χ4v) is 4.10. The molecular weight excluding hydrogens is 486 g/mol. The largest absolute Gasteiger partial charge is 0.441 e. The molecule has 1 aliphatic carbocycles. The number of alkyl carbamates (subject to hydrolysis) is 1. The first-order valence-electron chi connectivity index (χ1n) is 12.9. The summed E-state index contributed by atoms with van der Waals surface area (Å²) in [5.41, 5.74) is 20.2. The Bertz CT molecular complexity index is 1060. The van der Waals surface area contributed by atoms with Gasteiger partial charge in [0.1, 0.15) is 6.10 Å². The number of hydrogen-bond donors (Lipinski definition) is 5. The molecule has 2 aromatic rings. The zero-order chi connectivity index (χ0) is 27.2. The summed E-state index contributed by atoms with van der Waals surface area (Å²) < 4.78 is 16.8. The average molecular weight is 526 g/mol. The highest BCUT2D eigenvalue weighted by Crippen LogP contribution is 2.31. The number of rotatable bonds is 14. The summed E-state index contributed by atoms with van der Waals surface area (Å²) in [6.07, 6.45) is 3.84. The second kappa shape index (κ2) is 15.2. The fourth-order valence-electron chi connectivity index (χ4n) is 4.10. The number of nitrogens with one attached hydrogen (secondary N) is 2. The van der Waals surface area contributed by atoms with Gasteiger partial charge in [0.2, 0.25) is 5.91 Å². The molecule has 1 atom stereocenters. The van der Waals surface area contributed by atoms with Gasteiger partial charge >= 0.3 is 6.09 Å². The zero-order valence-electron chi connectivity index (χ0n) is 21.7. The van der Waals surface area contributed by atoms with Crippen molar-refractivity contribution in [1.29, 1.82) is 0 Å². The third-order valence-corrected chi connectivity index (χ3v) is 6.57. The van der Waals surface area contributed by atoms with Gasteiger partial charge < -0.3 is 42.0 Å². The molecule has 0 heterocycles. The van der Waals surface area contributed by atoms with E-state index in [9.17, 15) is 9.59 Å². The standard InChI is InChI=1S/C28H39N5O5/c29-18-28(19-30,20-31)26(34)32-11-13-36-15-16-37-14-12-33-27(35)38-25-17-23-7-2-1-5-21(23)9-10-22-6-3-4-8-24(22)25/h1-10,25H,11-20,29-31H2,(H,32,34)(H,33,35)/b10-9-/t25-/m1/s1. The lowest BCUT2D eigenvalue weighted by Gasteiger charge is -2.27. The van der Waals surface area contributed by atoms with Crippen molar-refractivity contribution in [2.24, 2.45) is 22.6 Å². The normalized spacial score (nSPS) is 15.4. The Balaban J connectivity index is 1.33. The highest BCUT2D eigenvalue weighted by atomic mass is 16.6. The first kappa shape index (κ1) is 29.3. The Labute approximate surface area is 223 Å². The molecule has 0 bridgehead atoms. The van der Waals surface area contributed by atoms with E-state index in [-0.39, 0.29) is 25.5 Å². The first-order valence-corrected chi connectivity index (χ1v) is 12.9. The van der Waals surface area contributed by atoms with Gasteiger partial charge in [0, 0.05) is 44.7 Å². The molecule has 3 rings (SSSR count). The van der Waals surface area contributed by atoms with Crippen molar-refractivity contribution in [3.8, 4) is 0 Å². The van der Waals surface area contributed by atoms with Gasteiger partial charge in [-0.3, -0.25) is 4.79 Å². The minimum atomic E-state index is -0.947. The van der Waals surface area contributed by atoms with Crippen LogP contribution in [-0.2, 0) is 25.4 Å². The molecule has 0 aliphatic heterocycles. The fraction of sp³-hybridized carbons (Fsp3) is 0.429. The molecule has 0 saturated heterocycles. The lowest BCUT2D eigenvalue weighted by Crippen LogP contribution is -2.55. The predicted octanol–water partition coefficient (Wildman–Crippen LogP) is 1.19. The molecule has 0 radical (unpaired) electrons. The average Bonchev–Trinajstić information content (AvgIpc) is 2.93. The third kappa shape index (κ3) is 8.11. The highest BCUT2D eigenvalue weighted by molar-refractivity contribution is 5.83. The minimum Gasteiger partial charge on any atom is -0.441 e. The second-order valence-corrected chi connectivity index (χ2v) is 9.06. The molecule has 206 valence electrons. The maximum atomic E-state index is 12.5. The smallest absolute Gasteiger partial charge is 0.407 e. The van der Waals surface area contributed by atoms with Gasteiger partial charge in [0.05, 0.1) is 31.8 Å². The minimum absolute atomic E-state index is 0.0847. The molecule has 10 heteroatoms. The predicted molar refractivity (Wildman–Crippen MR) is 147 cm³/mol. The quantitative estimate of drug-likeness (QED) is 0.230. The molecule has 0 saturated carbocycles. The molecule has 0 aromatic heterocycles. The van der Waals surface area contributed by atoms with Crippen molar-refractivity contribution in [3.63, 3.8) is 0 Å². The van der Waals surface area contributed by atoms with E-state index in [0.717, 1.165) is 22.3 Å². The summed E-state index contributed by atoms with van der Waals surface area (Å²) in [5, 5.41) is 5.49. The molecule has 8 N–H and O–H groups in total. The van der Waals surface area contributed by atoms with Gasteiger partial charge in [-0.05, 0) is 16.7 Å². The zero-order valence-corrected chi connectivity index (χ0v) is 21.7. The van der Waals surface area contributed by atoms with Crippen LogP contribution < -0.4 is 27.8 Å².